The standard InChI is InChI=1S/2C9H7NO.4ClH.2Hf/c2*11-8-5-1-3-7-4-2-6-10-9(7)8;;;;;;/h2*1-6,11H;4*1H;;/q;;;;;;;+4/p-4. The zero-order valence-corrected chi connectivity index (χ0v) is 24.4. The van der Waals surface area contributed by atoms with E-state index in [1.165, 1.54) is 0 Å². The molecule has 0 atom stereocenters. The molecule has 2 heterocycles. The van der Waals surface area contributed by atoms with Crippen LogP contribution in [0.3, 0.4) is 0 Å². The summed E-state index contributed by atoms with van der Waals surface area (Å²) in [6.07, 6.45) is 3.34. The van der Waals surface area contributed by atoms with Gasteiger partial charge >= 0.3 is 49.5 Å². The Morgan fingerprint density at radius 3 is 1.25 bits per heavy atom. The Balaban J connectivity index is 0.000000222. The molecule has 4 aromatic rings. The van der Waals surface area contributed by atoms with Crippen LogP contribution in [0, 0.1) is 0 Å². The molecule has 0 spiro atoms. The number of rotatable bonds is 0. The van der Waals surface area contributed by atoms with Crippen LogP contribution in [0.4, 0.5) is 0 Å². The predicted octanol–water partition coefficient (Wildman–Crippen LogP) is 6.63. The van der Waals surface area contributed by atoms with E-state index in [9.17, 15) is 10.2 Å². The van der Waals surface area contributed by atoms with Gasteiger partial charge in [0.1, 0.15) is 22.5 Å². The van der Waals surface area contributed by atoms with Crippen LogP contribution < -0.4 is 0 Å². The fourth-order valence-electron chi connectivity index (χ4n) is 2.18. The van der Waals surface area contributed by atoms with Gasteiger partial charge in [-0.05, 0) is 24.3 Å². The number of nitrogens with zero attached hydrogens (tertiary/aromatic N) is 2. The maximum absolute atomic E-state index is 9.31. The summed E-state index contributed by atoms with van der Waals surface area (Å²) >= 11 is -3.39. The molecule has 0 unspecified atom stereocenters. The third kappa shape index (κ3) is 9.06. The molecule has 28 heavy (non-hydrogen) atoms. The Morgan fingerprint density at radius 2 is 0.929 bits per heavy atom. The number of hydrogen-bond donors (Lipinski definition) is 2. The van der Waals surface area contributed by atoms with E-state index < -0.39 is 15.2 Å². The second-order valence-corrected chi connectivity index (χ2v) is 36.3. The monoisotopic (exact) mass is 790 g/mol. The van der Waals surface area contributed by atoms with E-state index in [4.69, 9.17) is 34.3 Å². The van der Waals surface area contributed by atoms with Crippen molar-refractivity contribution in [1.82, 2.24) is 9.97 Å². The largest absolute Gasteiger partial charge is 0 e. The number of phenols is 2. The Kier molecular flexibility index (Phi) is 11.5. The molecule has 2 aromatic heterocycles. The van der Waals surface area contributed by atoms with Gasteiger partial charge in [0.15, 0.2) is 0 Å². The minimum atomic E-state index is -3.39. The molecule has 144 valence electrons. The average Bonchev–Trinajstić information content (AvgIpc) is 2.62. The van der Waals surface area contributed by atoms with E-state index in [0.29, 0.717) is 11.0 Å². The smallest absolute Gasteiger partial charge is 0 e. The molecule has 0 fully saturated rings. The van der Waals surface area contributed by atoms with E-state index in [-0.39, 0.29) is 37.3 Å². The Hall–Kier alpha value is -0.240. The molecule has 0 saturated heterocycles. The molecule has 0 aliphatic rings. The molecule has 0 amide bonds. The number of pyridine rings is 2. The van der Waals surface area contributed by atoms with Gasteiger partial charge in [0.05, 0.1) is 0 Å². The first-order valence-electron chi connectivity index (χ1n) is 7.57. The van der Waals surface area contributed by atoms with E-state index in [2.05, 4.69) is 9.97 Å². The van der Waals surface area contributed by atoms with Gasteiger partial charge in [-0.25, -0.2) is 0 Å². The number of aromatic hydroxyl groups is 2. The van der Waals surface area contributed by atoms with Gasteiger partial charge in [0, 0.05) is 49.0 Å². The van der Waals surface area contributed by atoms with Crippen molar-refractivity contribution >= 4 is 56.1 Å². The summed E-state index contributed by atoms with van der Waals surface area (Å²) in [6, 6.07) is 18.3. The summed E-state index contributed by atoms with van der Waals surface area (Å²) in [6.45, 7) is 0. The van der Waals surface area contributed by atoms with Gasteiger partial charge in [-0.15, -0.1) is 0 Å². The summed E-state index contributed by atoms with van der Waals surface area (Å²) < 4.78 is 0. The number of aromatic nitrogens is 2. The van der Waals surface area contributed by atoms with Crippen LogP contribution in [-0.4, -0.2) is 20.2 Å². The third-order valence-corrected chi connectivity index (χ3v) is 3.22. The second kappa shape index (κ2) is 12.5. The zero-order valence-electron chi connectivity index (χ0n) is 14.2. The number of phenolic OH excluding ortho intramolecular Hbond substituents is 2. The first-order chi connectivity index (χ1) is 12.8. The van der Waals surface area contributed by atoms with Gasteiger partial charge in [0.25, 0.3) is 0 Å². The van der Waals surface area contributed by atoms with Gasteiger partial charge in [-0.3, -0.25) is 9.97 Å². The quantitative estimate of drug-likeness (QED) is 0.197. The van der Waals surface area contributed by atoms with Crippen LogP contribution in [0.2, 0.25) is 0 Å². The predicted molar refractivity (Wildman–Crippen MR) is 110 cm³/mol. The Labute approximate surface area is 199 Å². The van der Waals surface area contributed by atoms with Crippen LogP contribution >= 0.6 is 34.3 Å². The van der Waals surface area contributed by atoms with E-state index in [0.717, 1.165) is 10.8 Å². The first-order valence-corrected chi connectivity index (χ1v) is 25.4. The van der Waals surface area contributed by atoms with Crippen LogP contribution in [0.25, 0.3) is 21.8 Å². The number of fused-ring (bicyclic) bond motifs is 2. The van der Waals surface area contributed by atoms with Crippen LogP contribution in [-0.2, 0) is 41.1 Å². The Bertz CT molecular complexity index is 939. The van der Waals surface area contributed by atoms with Crippen molar-refractivity contribution in [3.63, 3.8) is 0 Å². The van der Waals surface area contributed by atoms with Crippen LogP contribution in [0.15, 0.2) is 73.1 Å². The molecular formula is C18H14Cl4Hf2N2O2. The molecule has 4 rings (SSSR count). The van der Waals surface area contributed by atoms with Gasteiger partial charge < -0.3 is 10.2 Å². The molecule has 0 aliphatic heterocycles. The summed E-state index contributed by atoms with van der Waals surface area (Å²) in [4.78, 5) is 8.06. The average molecular weight is 789 g/mol. The molecule has 0 radical (unpaired) electrons. The maximum atomic E-state index is 9.31. The molecule has 0 saturated carbocycles. The molecule has 0 aliphatic carbocycles. The van der Waals surface area contributed by atoms with Crippen molar-refractivity contribution in [2.75, 3.05) is 0 Å². The van der Waals surface area contributed by atoms with E-state index in [1.54, 1.807) is 36.7 Å². The van der Waals surface area contributed by atoms with E-state index >= 15 is 0 Å². The van der Waals surface area contributed by atoms with Crippen molar-refractivity contribution in [2.45, 2.75) is 0 Å². The molecule has 10 heteroatoms. The van der Waals surface area contributed by atoms with Gasteiger partial charge in [0.2, 0.25) is 0 Å². The fraction of sp³-hybridized carbons (Fsp3) is 0. The first kappa shape index (κ1) is 25.8. The maximum Gasteiger partial charge on any atom is 0 e. The van der Waals surface area contributed by atoms with Crippen molar-refractivity contribution < 1.29 is 51.3 Å². The number of halogens is 4. The van der Waals surface area contributed by atoms with Crippen LogP contribution in [0.5, 0.6) is 11.5 Å². The number of benzene rings is 2. The molecule has 2 aromatic carbocycles. The van der Waals surface area contributed by atoms with Crippen molar-refractivity contribution in [3.8, 4) is 11.5 Å². The number of para-hydroxylation sites is 2. The fourth-order valence-corrected chi connectivity index (χ4v) is 2.18. The normalized spacial score (nSPS) is 10.1. The zero-order chi connectivity index (χ0) is 19.9. The van der Waals surface area contributed by atoms with Crippen molar-refractivity contribution in [1.29, 1.82) is 0 Å². The second-order valence-electron chi connectivity index (χ2n) is 5.13. The van der Waals surface area contributed by atoms with E-state index in [1.807, 2.05) is 36.4 Å². The minimum Gasteiger partial charge on any atom is 0 e. The third-order valence-electron chi connectivity index (χ3n) is 3.22. The Morgan fingerprint density at radius 1 is 0.607 bits per heavy atom. The molecular weight excluding hydrogens is 775 g/mol. The minimum absolute atomic E-state index is 0. The van der Waals surface area contributed by atoms with Gasteiger partial charge in [-0.1, -0.05) is 36.4 Å². The molecule has 2 N–H and O–H groups in total. The van der Waals surface area contributed by atoms with Crippen LogP contribution in [0.1, 0.15) is 0 Å². The summed E-state index contributed by atoms with van der Waals surface area (Å²) in [5.74, 6) is 0.478. The topological polar surface area (TPSA) is 66.2 Å². The number of hydrogen-bond acceptors (Lipinski definition) is 4. The summed E-state index contributed by atoms with van der Waals surface area (Å²) in [7, 11) is 20.2. The SMILES string of the molecule is Oc1cccc2cccnc12.Oc1cccc2cccnc12.[Cl][Hf]([Cl])([Cl])[Cl].[Hf]. The van der Waals surface area contributed by atoms with Crippen molar-refractivity contribution in [3.05, 3.63) is 73.1 Å². The van der Waals surface area contributed by atoms with Crippen molar-refractivity contribution in [2.24, 2.45) is 0 Å². The molecule has 0 bridgehead atoms. The van der Waals surface area contributed by atoms with Gasteiger partial charge in [-0.2, -0.15) is 0 Å². The summed E-state index contributed by atoms with van der Waals surface area (Å²) in [5.41, 5.74) is 1.32. The molecule has 4 nitrogen and oxygen atoms in total. The summed E-state index contributed by atoms with van der Waals surface area (Å²) in [5, 5.41) is 20.5.